The Bertz CT molecular complexity index is 1400. The fourth-order valence-electron chi connectivity index (χ4n) is 4.56. The molecule has 1 aliphatic heterocycles. The Kier molecular flexibility index (Phi) is 6.68. The highest BCUT2D eigenvalue weighted by atomic mass is 35.5. The SMILES string of the molecule is CC[C@H](NC(=O)C1CN(c2ncnn3cc(-c4cnn([C@H](C)C(C)(C)O)c4)cc23)C1)c1ccc(Cl)cc1. The third-order valence-corrected chi connectivity index (χ3v) is 7.54. The van der Waals surface area contributed by atoms with Gasteiger partial charge in [0.15, 0.2) is 5.82 Å². The average Bonchev–Trinajstić information content (AvgIpc) is 3.49. The molecule has 0 bridgehead atoms. The molecule has 9 nitrogen and oxygen atoms in total. The minimum atomic E-state index is -0.889. The number of carbonyl (C=O) groups excluding carboxylic acids is 1. The first-order valence-electron chi connectivity index (χ1n) is 12.5. The van der Waals surface area contributed by atoms with Crippen LogP contribution in [0.1, 0.15) is 51.8 Å². The van der Waals surface area contributed by atoms with Gasteiger partial charge in [0.2, 0.25) is 5.91 Å². The fraction of sp³-hybridized carbons (Fsp3) is 0.407. The Labute approximate surface area is 221 Å². The van der Waals surface area contributed by atoms with Crippen molar-refractivity contribution in [1.82, 2.24) is 29.7 Å². The van der Waals surface area contributed by atoms with Crippen molar-refractivity contribution in [3.05, 3.63) is 65.8 Å². The second kappa shape index (κ2) is 9.79. The number of rotatable bonds is 8. The molecule has 3 aromatic heterocycles. The molecule has 1 aliphatic rings. The zero-order valence-electron chi connectivity index (χ0n) is 21.5. The lowest BCUT2D eigenvalue weighted by Crippen LogP contribution is -2.54. The van der Waals surface area contributed by atoms with Crippen LogP contribution >= 0.6 is 11.6 Å². The number of anilines is 1. The van der Waals surface area contributed by atoms with E-state index in [9.17, 15) is 9.90 Å². The van der Waals surface area contributed by atoms with Crippen LogP contribution in [0.3, 0.4) is 0 Å². The molecular formula is C27H32ClN7O2. The monoisotopic (exact) mass is 521 g/mol. The van der Waals surface area contributed by atoms with Gasteiger partial charge in [0, 0.05) is 41.6 Å². The minimum absolute atomic E-state index is 0.0437. The Morgan fingerprint density at radius 1 is 1.19 bits per heavy atom. The Hall–Kier alpha value is -3.43. The normalized spacial score (nSPS) is 16.0. The van der Waals surface area contributed by atoms with Gasteiger partial charge in [-0.3, -0.25) is 9.48 Å². The lowest BCUT2D eigenvalue weighted by Gasteiger charge is -2.39. The van der Waals surface area contributed by atoms with Crippen LogP contribution in [0.15, 0.2) is 55.2 Å². The molecule has 1 fully saturated rings. The lowest BCUT2D eigenvalue weighted by atomic mass is 9.97. The van der Waals surface area contributed by atoms with Gasteiger partial charge >= 0.3 is 0 Å². The third kappa shape index (κ3) is 5.06. The molecule has 10 heteroatoms. The highest BCUT2D eigenvalue weighted by Gasteiger charge is 2.35. The summed E-state index contributed by atoms with van der Waals surface area (Å²) < 4.78 is 3.58. The number of aliphatic hydroxyl groups is 1. The first kappa shape index (κ1) is 25.2. The van der Waals surface area contributed by atoms with E-state index in [0.29, 0.717) is 18.1 Å². The molecule has 0 saturated carbocycles. The number of aromatic nitrogens is 5. The standard InChI is InChI=1S/C27H32ClN7O2/c1-5-23(18-6-8-22(28)9-7-18)32-26(36)21-12-33(13-21)25-24-10-19(14-35(24)31-16-29-25)20-11-30-34(15-20)17(2)27(3,4)37/h6-11,14-17,21,23,37H,5,12-13H2,1-4H3,(H,32,36)/t17-,23+/m1/s1. The first-order chi connectivity index (χ1) is 17.6. The summed E-state index contributed by atoms with van der Waals surface area (Å²) in [5.74, 6) is 0.743. The number of halogens is 1. The van der Waals surface area contributed by atoms with Crippen LogP contribution in [0.25, 0.3) is 16.6 Å². The smallest absolute Gasteiger partial charge is 0.227 e. The highest BCUT2D eigenvalue weighted by molar-refractivity contribution is 6.30. The number of nitrogens with one attached hydrogen (secondary N) is 1. The number of benzene rings is 1. The Morgan fingerprint density at radius 2 is 1.92 bits per heavy atom. The van der Waals surface area contributed by atoms with E-state index in [-0.39, 0.29) is 23.9 Å². The van der Waals surface area contributed by atoms with Gasteiger partial charge in [-0.2, -0.15) is 10.2 Å². The summed E-state index contributed by atoms with van der Waals surface area (Å²) in [6, 6.07) is 9.43. The predicted octanol–water partition coefficient (Wildman–Crippen LogP) is 4.28. The molecule has 194 valence electrons. The van der Waals surface area contributed by atoms with Gasteiger partial charge in [0.05, 0.1) is 29.8 Å². The molecule has 2 N–H and O–H groups in total. The zero-order valence-corrected chi connectivity index (χ0v) is 22.2. The molecule has 0 radical (unpaired) electrons. The summed E-state index contributed by atoms with van der Waals surface area (Å²) in [6.45, 7) is 8.73. The maximum absolute atomic E-state index is 13.0. The van der Waals surface area contributed by atoms with Crippen molar-refractivity contribution in [3.63, 3.8) is 0 Å². The van der Waals surface area contributed by atoms with Gasteiger partial charge in [-0.25, -0.2) is 9.50 Å². The second-order valence-corrected chi connectivity index (χ2v) is 10.7. The summed E-state index contributed by atoms with van der Waals surface area (Å²) in [5, 5.41) is 23.0. The van der Waals surface area contributed by atoms with Crippen LogP contribution < -0.4 is 10.2 Å². The van der Waals surface area contributed by atoms with Crippen LogP contribution in [0.4, 0.5) is 5.82 Å². The number of hydrogen-bond acceptors (Lipinski definition) is 6. The first-order valence-corrected chi connectivity index (χ1v) is 12.9. The number of carbonyl (C=O) groups is 1. The van der Waals surface area contributed by atoms with Gasteiger partial charge < -0.3 is 15.3 Å². The number of fused-ring (bicyclic) bond motifs is 1. The van der Waals surface area contributed by atoms with Crippen molar-refractivity contribution in [2.24, 2.45) is 5.92 Å². The second-order valence-electron chi connectivity index (χ2n) is 10.3. The minimum Gasteiger partial charge on any atom is -0.388 e. The van der Waals surface area contributed by atoms with Gasteiger partial charge in [-0.1, -0.05) is 30.7 Å². The van der Waals surface area contributed by atoms with Crippen LogP contribution in [0.5, 0.6) is 0 Å². The number of hydrogen-bond donors (Lipinski definition) is 2. The number of amides is 1. The lowest BCUT2D eigenvalue weighted by molar-refractivity contribution is -0.126. The van der Waals surface area contributed by atoms with Crippen LogP contribution in [0.2, 0.25) is 5.02 Å². The maximum atomic E-state index is 13.0. The molecule has 37 heavy (non-hydrogen) atoms. The molecule has 4 heterocycles. The number of nitrogens with zero attached hydrogens (tertiary/aromatic N) is 6. The summed E-state index contributed by atoms with van der Waals surface area (Å²) in [7, 11) is 0. The van der Waals surface area contributed by atoms with Crippen molar-refractivity contribution in [1.29, 1.82) is 0 Å². The van der Waals surface area contributed by atoms with Crippen molar-refractivity contribution < 1.29 is 9.90 Å². The molecule has 4 aromatic rings. The summed E-state index contributed by atoms with van der Waals surface area (Å²) >= 11 is 6.01. The largest absolute Gasteiger partial charge is 0.388 e. The van der Waals surface area contributed by atoms with Crippen molar-refractivity contribution in [2.45, 2.75) is 51.8 Å². The molecule has 5 rings (SSSR count). The van der Waals surface area contributed by atoms with E-state index in [1.54, 1.807) is 29.2 Å². The van der Waals surface area contributed by atoms with E-state index in [2.05, 4.69) is 32.3 Å². The van der Waals surface area contributed by atoms with Crippen LogP contribution in [0, 0.1) is 5.92 Å². The molecule has 1 aromatic carbocycles. The van der Waals surface area contributed by atoms with E-state index in [1.807, 2.05) is 49.6 Å². The molecule has 0 unspecified atom stereocenters. The fourth-order valence-corrected chi connectivity index (χ4v) is 4.69. The van der Waals surface area contributed by atoms with E-state index in [1.165, 1.54) is 6.33 Å². The van der Waals surface area contributed by atoms with E-state index in [4.69, 9.17) is 11.6 Å². The Morgan fingerprint density at radius 3 is 2.59 bits per heavy atom. The quantitative estimate of drug-likeness (QED) is 0.359. The highest BCUT2D eigenvalue weighted by Crippen LogP contribution is 2.32. The molecule has 1 saturated heterocycles. The van der Waals surface area contributed by atoms with Gasteiger partial charge in [0.1, 0.15) is 11.8 Å². The van der Waals surface area contributed by atoms with Gasteiger partial charge in [-0.15, -0.1) is 0 Å². The van der Waals surface area contributed by atoms with Crippen molar-refractivity contribution in [3.8, 4) is 11.1 Å². The molecule has 0 spiro atoms. The summed E-state index contributed by atoms with van der Waals surface area (Å²) in [4.78, 5) is 19.6. The molecule has 2 atom stereocenters. The van der Waals surface area contributed by atoms with E-state index in [0.717, 1.165) is 34.4 Å². The van der Waals surface area contributed by atoms with Crippen molar-refractivity contribution >= 4 is 28.8 Å². The average molecular weight is 522 g/mol. The summed E-state index contributed by atoms with van der Waals surface area (Å²) in [6.07, 6.45) is 8.00. The third-order valence-electron chi connectivity index (χ3n) is 7.29. The van der Waals surface area contributed by atoms with E-state index >= 15 is 0 Å². The molecule has 0 aliphatic carbocycles. The summed E-state index contributed by atoms with van der Waals surface area (Å²) in [5.41, 5.74) is 2.92. The molecular weight excluding hydrogens is 490 g/mol. The van der Waals surface area contributed by atoms with Crippen molar-refractivity contribution in [2.75, 3.05) is 18.0 Å². The maximum Gasteiger partial charge on any atom is 0.227 e. The van der Waals surface area contributed by atoms with Gasteiger partial charge in [0.25, 0.3) is 0 Å². The van der Waals surface area contributed by atoms with Crippen LogP contribution in [-0.4, -0.2) is 54.1 Å². The Balaban J connectivity index is 1.28. The van der Waals surface area contributed by atoms with E-state index < -0.39 is 5.60 Å². The molecule has 1 amide bonds. The zero-order chi connectivity index (χ0) is 26.3. The van der Waals surface area contributed by atoms with Gasteiger partial charge in [-0.05, 0) is 51.0 Å². The predicted molar refractivity (Wildman–Crippen MR) is 144 cm³/mol. The van der Waals surface area contributed by atoms with Crippen LogP contribution in [-0.2, 0) is 4.79 Å². The topological polar surface area (TPSA) is 101 Å².